The van der Waals surface area contributed by atoms with Gasteiger partial charge in [0, 0.05) is 5.88 Å². The first kappa shape index (κ1) is 12.3. The molecule has 0 saturated carbocycles. The lowest BCUT2D eigenvalue weighted by Gasteiger charge is -2.09. The first-order valence-corrected chi connectivity index (χ1v) is 6.16. The fraction of sp³-hybridized carbons (Fsp3) is 0.429. The molecule has 1 rings (SSSR count). The Morgan fingerprint density at radius 2 is 2.13 bits per heavy atom. The van der Waals surface area contributed by atoms with Gasteiger partial charge in [-0.05, 0) is 29.5 Å². The number of unbranched alkanes of at least 4 members (excludes halogenated alkanes) is 2. The van der Waals surface area contributed by atoms with Crippen LogP contribution in [0.5, 0.6) is 0 Å². The maximum Gasteiger partial charge on any atom is 0.0482 e. The lowest BCUT2D eigenvalue weighted by atomic mass is 9.98. The topological polar surface area (TPSA) is 0 Å². The SMILES string of the molecule is C=Cc1cccc(CCCCC)c1CCl. The van der Waals surface area contributed by atoms with Gasteiger partial charge in [-0.3, -0.25) is 0 Å². The largest absolute Gasteiger partial charge is 0.122 e. The Labute approximate surface area is 98.0 Å². The number of alkyl halides is 1. The Morgan fingerprint density at radius 3 is 2.73 bits per heavy atom. The highest BCUT2D eigenvalue weighted by atomic mass is 35.5. The number of hydrogen-bond acceptors (Lipinski definition) is 0. The van der Waals surface area contributed by atoms with Crippen molar-refractivity contribution in [3.05, 3.63) is 41.5 Å². The van der Waals surface area contributed by atoms with E-state index in [0.717, 1.165) is 6.42 Å². The Bertz CT molecular complexity index is 315. The number of halogens is 1. The molecule has 1 aromatic carbocycles. The zero-order valence-electron chi connectivity index (χ0n) is 9.43. The molecule has 1 heteroatoms. The standard InChI is InChI=1S/C14H19Cl/c1-3-5-6-8-13-10-7-9-12(4-2)14(13)11-15/h4,7,9-10H,2-3,5-6,8,11H2,1H3. The van der Waals surface area contributed by atoms with E-state index in [1.54, 1.807) is 0 Å². The molecule has 0 saturated heterocycles. The average molecular weight is 223 g/mol. The second kappa shape index (κ2) is 6.68. The minimum Gasteiger partial charge on any atom is -0.122 e. The van der Waals surface area contributed by atoms with Gasteiger partial charge in [-0.25, -0.2) is 0 Å². The van der Waals surface area contributed by atoms with Crippen LogP contribution in [0, 0.1) is 0 Å². The Kier molecular flexibility index (Phi) is 5.49. The summed E-state index contributed by atoms with van der Waals surface area (Å²) in [5, 5.41) is 0. The number of aryl methyl sites for hydroxylation is 1. The highest BCUT2D eigenvalue weighted by Crippen LogP contribution is 2.20. The first-order chi connectivity index (χ1) is 7.33. The highest BCUT2D eigenvalue weighted by Gasteiger charge is 2.04. The molecule has 0 aliphatic heterocycles. The van der Waals surface area contributed by atoms with Crippen LogP contribution in [0.15, 0.2) is 24.8 Å². The summed E-state index contributed by atoms with van der Waals surface area (Å²) < 4.78 is 0. The monoisotopic (exact) mass is 222 g/mol. The molecule has 0 fully saturated rings. The average Bonchev–Trinajstić information content (AvgIpc) is 2.29. The summed E-state index contributed by atoms with van der Waals surface area (Å²) >= 11 is 5.98. The molecule has 0 nitrogen and oxygen atoms in total. The highest BCUT2D eigenvalue weighted by molar-refractivity contribution is 6.17. The second-order valence-corrected chi connectivity index (χ2v) is 4.05. The molecule has 0 amide bonds. The quantitative estimate of drug-likeness (QED) is 0.479. The summed E-state index contributed by atoms with van der Waals surface area (Å²) in [6.07, 6.45) is 6.83. The molecule has 0 unspecified atom stereocenters. The normalized spacial score (nSPS) is 10.3. The summed E-state index contributed by atoms with van der Waals surface area (Å²) in [5.74, 6) is 0.587. The van der Waals surface area contributed by atoms with Gasteiger partial charge in [-0.1, -0.05) is 50.6 Å². The van der Waals surface area contributed by atoms with E-state index in [2.05, 4.69) is 31.7 Å². The van der Waals surface area contributed by atoms with Crippen LogP contribution in [0.3, 0.4) is 0 Å². The molecule has 0 heterocycles. The van der Waals surface area contributed by atoms with Gasteiger partial charge in [0.15, 0.2) is 0 Å². The van der Waals surface area contributed by atoms with E-state index in [-0.39, 0.29) is 0 Å². The second-order valence-electron chi connectivity index (χ2n) is 3.78. The van der Waals surface area contributed by atoms with E-state index in [1.807, 2.05) is 6.08 Å². The van der Waals surface area contributed by atoms with Crippen molar-refractivity contribution in [2.24, 2.45) is 0 Å². The number of hydrogen-bond donors (Lipinski definition) is 0. The molecule has 1 aromatic rings. The van der Waals surface area contributed by atoms with Crippen molar-refractivity contribution in [1.29, 1.82) is 0 Å². The van der Waals surface area contributed by atoms with E-state index in [0.29, 0.717) is 5.88 Å². The minimum absolute atomic E-state index is 0.587. The van der Waals surface area contributed by atoms with Crippen molar-refractivity contribution in [3.8, 4) is 0 Å². The Morgan fingerprint density at radius 1 is 1.33 bits per heavy atom. The van der Waals surface area contributed by atoms with Crippen molar-refractivity contribution in [1.82, 2.24) is 0 Å². The minimum atomic E-state index is 0.587. The van der Waals surface area contributed by atoms with Gasteiger partial charge >= 0.3 is 0 Å². The fourth-order valence-electron chi connectivity index (χ4n) is 1.81. The molecule has 0 radical (unpaired) electrons. The van der Waals surface area contributed by atoms with Crippen LogP contribution in [0.1, 0.15) is 42.9 Å². The lowest BCUT2D eigenvalue weighted by Crippen LogP contribution is -1.95. The third-order valence-corrected chi connectivity index (χ3v) is 2.98. The zero-order valence-corrected chi connectivity index (χ0v) is 10.2. The molecule has 0 aliphatic rings. The summed E-state index contributed by atoms with van der Waals surface area (Å²) in [6, 6.07) is 6.35. The Hall–Kier alpha value is -0.750. The summed E-state index contributed by atoms with van der Waals surface area (Å²) in [6.45, 7) is 6.04. The van der Waals surface area contributed by atoms with E-state index in [9.17, 15) is 0 Å². The third-order valence-electron chi connectivity index (χ3n) is 2.71. The van der Waals surface area contributed by atoms with Gasteiger partial charge in [0.1, 0.15) is 0 Å². The van der Waals surface area contributed by atoms with Crippen molar-refractivity contribution in [3.63, 3.8) is 0 Å². The van der Waals surface area contributed by atoms with E-state index in [1.165, 1.54) is 36.0 Å². The summed E-state index contributed by atoms with van der Waals surface area (Å²) in [5.41, 5.74) is 3.82. The molecule has 0 atom stereocenters. The van der Waals surface area contributed by atoms with Crippen molar-refractivity contribution in [2.45, 2.75) is 38.5 Å². The van der Waals surface area contributed by atoms with Crippen LogP contribution < -0.4 is 0 Å². The molecular formula is C14H19Cl. The summed E-state index contributed by atoms with van der Waals surface area (Å²) in [7, 11) is 0. The summed E-state index contributed by atoms with van der Waals surface area (Å²) in [4.78, 5) is 0. The van der Waals surface area contributed by atoms with Gasteiger partial charge in [-0.15, -0.1) is 11.6 Å². The maximum atomic E-state index is 5.98. The van der Waals surface area contributed by atoms with Gasteiger partial charge < -0.3 is 0 Å². The van der Waals surface area contributed by atoms with Crippen LogP contribution >= 0.6 is 11.6 Å². The molecular weight excluding hydrogens is 204 g/mol. The van der Waals surface area contributed by atoms with Crippen molar-refractivity contribution < 1.29 is 0 Å². The molecule has 0 bridgehead atoms. The molecule has 0 spiro atoms. The Balaban J connectivity index is 2.81. The molecule has 0 N–H and O–H groups in total. The number of benzene rings is 1. The zero-order chi connectivity index (χ0) is 11.1. The van der Waals surface area contributed by atoms with Gasteiger partial charge in [0.05, 0.1) is 0 Å². The van der Waals surface area contributed by atoms with E-state index >= 15 is 0 Å². The molecule has 0 aromatic heterocycles. The van der Waals surface area contributed by atoms with E-state index < -0.39 is 0 Å². The maximum absolute atomic E-state index is 5.98. The van der Waals surface area contributed by atoms with Crippen LogP contribution in [-0.4, -0.2) is 0 Å². The van der Waals surface area contributed by atoms with Gasteiger partial charge in [0.25, 0.3) is 0 Å². The molecule has 15 heavy (non-hydrogen) atoms. The van der Waals surface area contributed by atoms with Crippen LogP contribution in [0.2, 0.25) is 0 Å². The number of rotatable bonds is 6. The third kappa shape index (κ3) is 3.39. The van der Waals surface area contributed by atoms with Crippen LogP contribution in [-0.2, 0) is 12.3 Å². The fourth-order valence-corrected chi connectivity index (χ4v) is 2.13. The van der Waals surface area contributed by atoms with Crippen molar-refractivity contribution >= 4 is 17.7 Å². The van der Waals surface area contributed by atoms with Crippen LogP contribution in [0.25, 0.3) is 6.08 Å². The molecule has 82 valence electrons. The van der Waals surface area contributed by atoms with Gasteiger partial charge in [-0.2, -0.15) is 0 Å². The first-order valence-electron chi connectivity index (χ1n) is 5.62. The molecule has 0 aliphatic carbocycles. The van der Waals surface area contributed by atoms with Crippen LogP contribution in [0.4, 0.5) is 0 Å². The lowest BCUT2D eigenvalue weighted by molar-refractivity contribution is 0.715. The van der Waals surface area contributed by atoms with E-state index in [4.69, 9.17) is 11.6 Å². The predicted octanol–water partition coefficient (Wildman–Crippen LogP) is 4.80. The smallest absolute Gasteiger partial charge is 0.0482 e. The van der Waals surface area contributed by atoms with Gasteiger partial charge in [0.2, 0.25) is 0 Å². The van der Waals surface area contributed by atoms with Crippen molar-refractivity contribution in [2.75, 3.05) is 0 Å². The predicted molar refractivity (Wildman–Crippen MR) is 69.3 cm³/mol.